The minimum Gasteiger partial charge on any atom is -0.357 e. The molecular weight excluding hydrogens is 494 g/mol. The van der Waals surface area contributed by atoms with Gasteiger partial charge in [0.25, 0.3) is 0 Å². The first kappa shape index (κ1) is 23.3. The van der Waals surface area contributed by atoms with Crippen LogP contribution >= 0.6 is 24.0 Å². The molecule has 1 heterocycles. The summed E-state index contributed by atoms with van der Waals surface area (Å²) >= 11 is 0. The predicted octanol–water partition coefficient (Wildman–Crippen LogP) is 3.82. The second-order valence-corrected chi connectivity index (χ2v) is 6.44. The molecule has 30 heavy (non-hydrogen) atoms. The van der Waals surface area contributed by atoms with Crippen molar-refractivity contribution in [3.05, 3.63) is 89.0 Å². The number of hydrogen-bond acceptors (Lipinski definition) is 3. The van der Waals surface area contributed by atoms with Gasteiger partial charge in [0.1, 0.15) is 5.82 Å². The molecule has 0 saturated carbocycles. The fourth-order valence-electron chi connectivity index (χ4n) is 2.88. The molecule has 0 fully saturated rings. The van der Waals surface area contributed by atoms with Crippen LogP contribution in [0.4, 0.5) is 4.39 Å². The van der Waals surface area contributed by atoms with E-state index < -0.39 is 5.82 Å². The average Bonchev–Trinajstić information content (AvgIpc) is 3.25. The second-order valence-electron chi connectivity index (χ2n) is 6.44. The second kappa shape index (κ2) is 11.9. The van der Waals surface area contributed by atoms with Crippen LogP contribution in [-0.2, 0) is 19.6 Å². The van der Waals surface area contributed by atoms with Gasteiger partial charge in [-0.05, 0) is 36.2 Å². The van der Waals surface area contributed by atoms with Crippen molar-refractivity contribution >= 4 is 29.9 Å². The van der Waals surface area contributed by atoms with Crippen LogP contribution in [-0.4, -0.2) is 22.3 Å². The number of guanidine groups is 1. The molecule has 1 aromatic heterocycles. The van der Waals surface area contributed by atoms with Gasteiger partial charge >= 0.3 is 0 Å². The standard InChI is InChI=1S/C22H23FN6.HI/c1-2-25-22(27-15-19-9-8-17(13-24)12-21(19)23)26-14-18-6-3-4-7-20(18)16-29-11-5-10-28-29;/h3-12H,2,14-16H2,1H3,(H2,25,26,27);1H. The van der Waals surface area contributed by atoms with Crippen LogP contribution in [0.5, 0.6) is 0 Å². The molecule has 156 valence electrons. The first-order chi connectivity index (χ1) is 14.2. The summed E-state index contributed by atoms with van der Waals surface area (Å²) in [6, 6.07) is 16.4. The van der Waals surface area contributed by atoms with Crippen molar-refractivity contribution in [2.75, 3.05) is 6.54 Å². The molecule has 0 radical (unpaired) electrons. The summed E-state index contributed by atoms with van der Waals surface area (Å²) in [6.45, 7) is 4.11. The lowest BCUT2D eigenvalue weighted by atomic mass is 10.1. The summed E-state index contributed by atoms with van der Waals surface area (Å²) in [5.74, 6) is 0.196. The van der Waals surface area contributed by atoms with E-state index in [1.165, 1.54) is 6.07 Å². The molecular formula is C22H24FIN6. The summed E-state index contributed by atoms with van der Waals surface area (Å²) in [4.78, 5) is 4.64. The Hall–Kier alpha value is -2.93. The highest BCUT2D eigenvalue weighted by Gasteiger charge is 2.06. The fourth-order valence-corrected chi connectivity index (χ4v) is 2.88. The van der Waals surface area contributed by atoms with Gasteiger partial charge in [-0.2, -0.15) is 10.4 Å². The molecule has 2 aromatic carbocycles. The number of rotatable bonds is 7. The zero-order valence-corrected chi connectivity index (χ0v) is 19.0. The number of halogens is 2. The Balaban J connectivity index is 0.00000320. The number of nitrogens with one attached hydrogen (secondary N) is 2. The van der Waals surface area contributed by atoms with Gasteiger partial charge in [-0.3, -0.25) is 4.68 Å². The van der Waals surface area contributed by atoms with E-state index in [4.69, 9.17) is 5.26 Å². The quantitative estimate of drug-likeness (QED) is 0.283. The minimum absolute atomic E-state index is 0. The van der Waals surface area contributed by atoms with Crippen LogP contribution in [0.15, 0.2) is 65.9 Å². The summed E-state index contributed by atoms with van der Waals surface area (Å²) in [7, 11) is 0. The van der Waals surface area contributed by atoms with E-state index in [2.05, 4.69) is 26.8 Å². The summed E-state index contributed by atoms with van der Waals surface area (Å²) in [5.41, 5.74) is 3.04. The summed E-state index contributed by atoms with van der Waals surface area (Å²) in [5, 5.41) is 19.4. The van der Waals surface area contributed by atoms with Crippen molar-refractivity contribution in [2.24, 2.45) is 4.99 Å². The zero-order chi connectivity index (χ0) is 20.5. The van der Waals surface area contributed by atoms with Crippen molar-refractivity contribution in [1.29, 1.82) is 5.26 Å². The molecule has 0 aliphatic rings. The van der Waals surface area contributed by atoms with Crippen LogP contribution in [0, 0.1) is 17.1 Å². The largest absolute Gasteiger partial charge is 0.357 e. The topological polar surface area (TPSA) is 78.0 Å². The first-order valence-electron chi connectivity index (χ1n) is 9.44. The van der Waals surface area contributed by atoms with E-state index in [0.29, 0.717) is 36.7 Å². The number of nitriles is 1. The first-order valence-corrected chi connectivity index (χ1v) is 9.44. The van der Waals surface area contributed by atoms with Crippen molar-refractivity contribution in [2.45, 2.75) is 26.6 Å². The Morgan fingerprint density at radius 2 is 1.93 bits per heavy atom. The van der Waals surface area contributed by atoms with Gasteiger partial charge in [-0.1, -0.05) is 30.3 Å². The third-order valence-corrected chi connectivity index (χ3v) is 4.39. The smallest absolute Gasteiger partial charge is 0.191 e. The minimum atomic E-state index is -0.406. The van der Waals surface area contributed by atoms with Gasteiger partial charge < -0.3 is 10.6 Å². The number of benzene rings is 2. The Morgan fingerprint density at radius 1 is 1.13 bits per heavy atom. The molecule has 3 rings (SSSR count). The maximum atomic E-state index is 14.1. The van der Waals surface area contributed by atoms with Crippen molar-refractivity contribution < 1.29 is 4.39 Å². The Kier molecular flexibility index (Phi) is 9.28. The number of aromatic nitrogens is 2. The van der Waals surface area contributed by atoms with Gasteiger partial charge in [0.15, 0.2) is 5.96 Å². The Bertz CT molecular complexity index is 1010. The third-order valence-electron chi connectivity index (χ3n) is 4.39. The lowest BCUT2D eigenvalue weighted by molar-refractivity contribution is 0.604. The zero-order valence-electron chi connectivity index (χ0n) is 16.7. The van der Waals surface area contributed by atoms with Gasteiger partial charge in [-0.25, -0.2) is 9.38 Å². The normalized spacial score (nSPS) is 10.8. The van der Waals surface area contributed by atoms with Crippen molar-refractivity contribution in [3.63, 3.8) is 0 Å². The van der Waals surface area contributed by atoms with E-state index in [0.717, 1.165) is 11.1 Å². The van der Waals surface area contributed by atoms with Crippen molar-refractivity contribution in [1.82, 2.24) is 20.4 Å². The van der Waals surface area contributed by atoms with Crippen LogP contribution in [0.1, 0.15) is 29.2 Å². The van der Waals surface area contributed by atoms with E-state index >= 15 is 0 Å². The van der Waals surface area contributed by atoms with Crippen LogP contribution in [0.25, 0.3) is 0 Å². The van der Waals surface area contributed by atoms with Gasteiger partial charge in [0, 0.05) is 31.0 Å². The molecule has 2 N–H and O–H groups in total. The molecule has 3 aromatic rings. The van der Waals surface area contributed by atoms with E-state index in [1.807, 2.05) is 48.1 Å². The lowest BCUT2D eigenvalue weighted by Gasteiger charge is -2.13. The molecule has 0 aliphatic heterocycles. The monoisotopic (exact) mass is 518 g/mol. The van der Waals surface area contributed by atoms with E-state index in [1.54, 1.807) is 18.3 Å². The highest BCUT2D eigenvalue weighted by molar-refractivity contribution is 14.0. The maximum absolute atomic E-state index is 14.1. The SMILES string of the molecule is CCNC(=NCc1ccccc1Cn1cccn1)NCc1ccc(C#N)cc1F.I. The Morgan fingerprint density at radius 3 is 2.60 bits per heavy atom. The number of hydrogen-bond donors (Lipinski definition) is 2. The fraction of sp³-hybridized carbons (Fsp3) is 0.227. The predicted molar refractivity (Wildman–Crippen MR) is 126 cm³/mol. The number of aliphatic imine (C=N–C) groups is 1. The van der Waals surface area contributed by atoms with Gasteiger partial charge in [0.2, 0.25) is 0 Å². The third kappa shape index (κ3) is 6.56. The van der Waals surface area contributed by atoms with E-state index in [-0.39, 0.29) is 30.5 Å². The van der Waals surface area contributed by atoms with E-state index in [9.17, 15) is 4.39 Å². The lowest BCUT2D eigenvalue weighted by Crippen LogP contribution is -2.37. The molecule has 8 heteroatoms. The van der Waals surface area contributed by atoms with Gasteiger partial charge in [-0.15, -0.1) is 24.0 Å². The molecule has 6 nitrogen and oxygen atoms in total. The highest BCUT2D eigenvalue weighted by Crippen LogP contribution is 2.12. The molecule has 0 atom stereocenters. The van der Waals surface area contributed by atoms with Gasteiger partial charge in [0.05, 0.1) is 24.7 Å². The molecule has 0 amide bonds. The Labute approximate surface area is 192 Å². The maximum Gasteiger partial charge on any atom is 0.191 e. The van der Waals surface area contributed by atoms with Crippen LogP contribution in [0.2, 0.25) is 0 Å². The molecule has 0 aliphatic carbocycles. The molecule has 0 saturated heterocycles. The average molecular weight is 518 g/mol. The molecule has 0 spiro atoms. The number of nitrogens with zero attached hydrogens (tertiary/aromatic N) is 4. The van der Waals surface area contributed by atoms with Crippen LogP contribution < -0.4 is 10.6 Å². The highest BCUT2D eigenvalue weighted by atomic mass is 127. The molecule has 0 unspecified atom stereocenters. The molecule has 0 bridgehead atoms. The van der Waals surface area contributed by atoms with Crippen molar-refractivity contribution in [3.8, 4) is 6.07 Å². The summed E-state index contributed by atoms with van der Waals surface area (Å²) in [6.07, 6.45) is 3.69. The summed E-state index contributed by atoms with van der Waals surface area (Å²) < 4.78 is 16.0. The van der Waals surface area contributed by atoms with Crippen LogP contribution in [0.3, 0.4) is 0 Å².